The molecule has 0 radical (unpaired) electrons. The molecule has 1 aromatic rings. The number of phenolic OH excluding ortho intramolecular Hbond substituents is 1. The number of nitrogens with zero attached hydrogens (tertiary/aromatic N) is 2. The summed E-state index contributed by atoms with van der Waals surface area (Å²) >= 11 is 0. The number of aromatic hydroxyl groups is 1. The van der Waals surface area contributed by atoms with Gasteiger partial charge in [-0.25, -0.2) is 0 Å². The van der Waals surface area contributed by atoms with Gasteiger partial charge in [0.15, 0.2) is 0 Å². The first-order valence-corrected chi connectivity index (χ1v) is 8.97. The molecule has 0 amide bonds. The molecule has 1 aliphatic rings. The van der Waals surface area contributed by atoms with Crippen LogP contribution in [0.1, 0.15) is 62.6 Å². The number of phenols is 1. The van der Waals surface area contributed by atoms with E-state index in [0.717, 1.165) is 30.5 Å². The van der Waals surface area contributed by atoms with Crippen LogP contribution in [0.15, 0.2) is 29.3 Å². The molecule has 3 nitrogen and oxygen atoms in total. The van der Waals surface area contributed by atoms with Crippen molar-refractivity contribution in [3.63, 3.8) is 0 Å². The zero-order valence-corrected chi connectivity index (χ0v) is 16.0. The van der Waals surface area contributed by atoms with Crippen LogP contribution in [0.25, 0.3) is 0 Å². The van der Waals surface area contributed by atoms with E-state index in [1.54, 1.807) is 0 Å². The van der Waals surface area contributed by atoms with Crippen LogP contribution in [0.4, 0.5) is 0 Å². The maximum atomic E-state index is 10.6. The Morgan fingerprint density at radius 3 is 2.08 bits per heavy atom. The predicted molar refractivity (Wildman–Crippen MR) is 104 cm³/mol. The molecular formula is C21H32N2O. The molecule has 1 aromatic carbocycles. The molecule has 0 fully saturated rings. The van der Waals surface area contributed by atoms with E-state index in [9.17, 15) is 5.11 Å². The quantitative estimate of drug-likeness (QED) is 0.799. The molecule has 1 unspecified atom stereocenters. The Bertz CT molecular complexity index is 586. The van der Waals surface area contributed by atoms with Crippen LogP contribution in [0.5, 0.6) is 5.75 Å². The number of hydrogen-bond acceptors (Lipinski definition) is 3. The zero-order valence-electron chi connectivity index (χ0n) is 16.0. The molecule has 24 heavy (non-hydrogen) atoms. The molecule has 0 saturated heterocycles. The van der Waals surface area contributed by atoms with Crippen LogP contribution in [-0.2, 0) is 6.42 Å². The first-order valence-electron chi connectivity index (χ1n) is 8.97. The standard InChI is InChI=1S/C21H32N2O/c1-15(2)18-12-17(13-19(16(3)4)20(18)24)14-21(8-7-10-22-21)9-11-23(5)6/h7-8,10,12-13,15-16,24H,9,11,14H2,1-6H3. The normalized spacial score (nSPS) is 20.0. The summed E-state index contributed by atoms with van der Waals surface area (Å²) in [6.07, 6.45) is 8.09. The maximum absolute atomic E-state index is 10.6. The summed E-state index contributed by atoms with van der Waals surface area (Å²) in [6.45, 7) is 9.56. The van der Waals surface area contributed by atoms with Crippen molar-refractivity contribution in [3.8, 4) is 5.75 Å². The Morgan fingerprint density at radius 2 is 1.67 bits per heavy atom. The molecule has 1 atom stereocenters. The highest BCUT2D eigenvalue weighted by molar-refractivity contribution is 5.75. The fourth-order valence-corrected chi connectivity index (χ4v) is 3.29. The van der Waals surface area contributed by atoms with Gasteiger partial charge in [0.25, 0.3) is 0 Å². The maximum Gasteiger partial charge on any atom is 0.122 e. The number of allylic oxidation sites excluding steroid dienone is 1. The number of hydrogen-bond donors (Lipinski definition) is 1. The van der Waals surface area contributed by atoms with Crippen LogP contribution in [-0.4, -0.2) is 42.4 Å². The molecular weight excluding hydrogens is 296 g/mol. The van der Waals surface area contributed by atoms with Crippen LogP contribution in [0.2, 0.25) is 0 Å². The average Bonchev–Trinajstić information content (AvgIpc) is 2.95. The average molecular weight is 329 g/mol. The highest BCUT2D eigenvalue weighted by Crippen LogP contribution is 2.37. The summed E-state index contributed by atoms with van der Waals surface area (Å²) in [4.78, 5) is 6.99. The smallest absolute Gasteiger partial charge is 0.122 e. The second kappa shape index (κ2) is 7.52. The Labute approximate surface area is 147 Å². The van der Waals surface area contributed by atoms with E-state index in [-0.39, 0.29) is 5.54 Å². The Hall–Kier alpha value is -1.61. The highest BCUT2D eigenvalue weighted by atomic mass is 16.3. The fraction of sp³-hybridized carbons (Fsp3) is 0.571. The molecule has 1 aliphatic heterocycles. The van der Waals surface area contributed by atoms with Gasteiger partial charge in [-0.1, -0.05) is 45.9 Å². The van der Waals surface area contributed by atoms with Crippen molar-refractivity contribution in [1.29, 1.82) is 0 Å². The lowest BCUT2D eigenvalue weighted by molar-refractivity contribution is 0.351. The lowest BCUT2D eigenvalue weighted by atomic mass is 9.84. The third-order valence-corrected chi connectivity index (χ3v) is 4.80. The van der Waals surface area contributed by atoms with Crippen molar-refractivity contribution in [3.05, 3.63) is 41.0 Å². The van der Waals surface area contributed by atoms with Crippen molar-refractivity contribution in [2.75, 3.05) is 20.6 Å². The van der Waals surface area contributed by atoms with Crippen LogP contribution in [0.3, 0.4) is 0 Å². The van der Waals surface area contributed by atoms with Gasteiger partial charge in [-0.3, -0.25) is 4.99 Å². The van der Waals surface area contributed by atoms with Gasteiger partial charge in [-0.05, 0) is 55.1 Å². The van der Waals surface area contributed by atoms with E-state index < -0.39 is 0 Å². The molecule has 0 aliphatic carbocycles. The summed E-state index contributed by atoms with van der Waals surface area (Å²) in [5.74, 6) is 1.09. The van der Waals surface area contributed by atoms with Crippen LogP contribution < -0.4 is 0 Å². The summed E-state index contributed by atoms with van der Waals surface area (Å²) < 4.78 is 0. The van der Waals surface area contributed by atoms with Crippen molar-refractivity contribution in [2.45, 2.75) is 57.9 Å². The van der Waals surface area contributed by atoms with E-state index in [2.05, 4.69) is 71.0 Å². The second-order valence-electron chi connectivity index (χ2n) is 7.90. The Morgan fingerprint density at radius 1 is 1.08 bits per heavy atom. The van der Waals surface area contributed by atoms with E-state index in [1.165, 1.54) is 5.56 Å². The second-order valence-corrected chi connectivity index (χ2v) is 7.90. The molecule has 1 heterocycles. The summed E-state index contributed by atoms with van der Waals surface area (Å²) in [7, 11) is 4.20. The summed E-state index contributed by atoms with van der Waals surface area (Å²) in [6, 6.07) is 4.34. The number of aliphatic imine (C=N–C) groups is 1. The molecule has 2 rings (SSSR count). The van der Waals surface area contributed by atoms with Crippen molar-refractivity contribution >= 4 is 6.21 Å². The fourth-order valence-electron chi connectivity index (χ4n) is 3.29. The van der Waals surface area contributed by atoms with Gasteiger partial charge in [-0.15, -0.1) is 0 Å². The molecule has 0 bridgehead atoms. The first kappa shape index (κ1) is 18.7. The topological polar surface area (TPSA) is 35.8 Å². The Kier molecular flexibility index (Phi) is 5.87. The molecule has 132 valence electrons. The van der Waals surface area contributed by atoms with Gasteiger partial charge in [0, 0.05) is 19.2 Å². The van der Waals surface area contributed by atoms with Crippen LogP contribution in [0, 0.1) is 0 Å². The van der Waals surface area contributed by atoms with Crippen molar-refractivity contribution < 1.29 is 5.11 Å². The third-order valence-electron chi connectivity index (χ3n) is 4.80. The van der Waals surface area contributed by atoms with Gasteiger partial charge < -0.3 is 10.0 Å². The zero-order chi connectivity index (χ0) is 17.9. The van der Waals surface area contributed by atoms with Crippen molar-refractivity contribution in [1.82, 2.24) is 4.90 Å². The third kappa shape index (κ3) is 4.27. The van der Waals surface area contributed by atoms with Gasteiger partial charge in [0.2, 0.25) is 0 Å². The molecule has 1 N–H and O–H groups in total. The SMILES string of the molecule is CC(C)c1cc(CC2(CCN(C)C)C=CC=N2)cc(C(C)C)c1O. The molecule has 0 saturated carbocycles. The largest absolute Gasteiger partial charge is 0.507 e. The molecule has 0 aromatic heterocycles. The Balaban J connectivity index is 2.37. The minimum Gasteiger partial charge on any atom is -0.507 e. The van der Waals surface area contributed by atoms with Crippen LogP contribution >= 0.6 is 0 Å². The van der Waals surface area contributed by atoms with Gasteiger partial charge in [0.05, 0.1) is 5.54 Å². The minimum absolute atomic E-state index is 0.149. The monoisotopic (exact) mass is 328 g/mol. The van der Waals surface area contributed by atoms with E-state index >= 15 is 0 Å². The number of rotatable bonds is 7. The molecule has 3 heteroatoms. The van der Waals surface area contributed by atoms with Crippen molar-refractivity contribution in [2.24, 2.45) is 4.99 Å². The highest BCUT2D eigenvalue weighted by Gasteiger charge is 2.29. The lowest BCUT2D eigenvalue weighted by Crippen LogP contribution is -2.30. The van der Waals surface area contributed by atoms with E-state index in [0.29, 0.717) is 17.6 Å². The number of benzene rings is 1. The van der Waals surface area contributed by atoms with E-state index in [1.807, 2.05) is 6.21 Å². The molecule has 0 spiro atoms. The lowest BCUT2D eigenvalue weighted by Gasteiger charge is -2.27. The summed E-state index contributed by atoms with van der Waals surface area (Å²) in [5, 5.41) is 10.6. The summed E-state index contributed by atoms with van der Waals surface area (Å²) in [5.41, 5.74) is 3.21. The van der Waals surface area contributed by atoms with Gasteiger partial charge >= 0.3 is 0 Å². The first-order chi connectivity index (χ1) is 11.2. The van der Waals surface area contributed by atoms with Gasteiger partial charge in [-0.2, -0.15) is 0 Å². The van der Waals surface area contributed by atoms with E-state index in [4.69, 9.17) is 4.99 Å². The minimum atomic E-state index is -0.149. The van der Waals surface area contributed by atoms with Gasteiger partial charge in [0.1, 0.15) is 5.75 Å². The predicted octanol–water partition coefficient (Wildman–Crippen LogP) is 4.51.